The minimum Gasteiger partial charge on any atom is -0.357 e. The Kier molecular flexibility index (Phi) is 13.5. The number of guanidine groups is 1. The molecule has 0 spiro atoms. The molecule has 2 rings (SSSR count). The molecule has 2 heterocycles. The Labute approximate surface area is 204 Å². The second kappa shape index (κ2) is 15.2. The lowest BCUT2D eigenvalue weighted by Gasteiger charge is -2.34. The zero-order valence-corrected chi connectivity index (χ0v) is 21.9. The van der Waals surface area contributed by atoms with Gasteiger partial charge < -0.3 is 25.3 Å². The summed E-state index contributed by atoms with van der Waals surface area (Å²) in [5.41, 5.74) is 1.07. The Morgan fingerprint density at radius 2 is 1.81 bits per heavy atom. The van der Waals surface area contributed by atoms with Crippen LogP contribution in [0.15, 0.2) is 23.3 Å². The van der Waals surface area contributed by atoms with Gasteiger partial charge in [-0.3, -0.25) is 4.79 Å². The van der Waals surface area contributed by atoms with Gasteiger partial charge >= 0.3 is 0 Å². The number of anilines is 1. The van der Waals surface area contributed by atoms with Gasteiger partial charge in [0.05, 0.1) is 6.54 Å². The van der Waals surface area contributed by atoms with Crippen molar-refractivity contribution in [3.8, 4) is 0 Å². The van der Waals surface area contributed by atoms with E-state index >= 15 is 0 Å². The Bertz CT molecular complexity index is 656. The normalized spacial score (nSPS) is 14.7. The predicted molar refractivity (Wildman–Crippen MR) is 139 cm³/mol. The molecular formula is C22H40IN7O. The van der Waals surface area contributed by atoms with Crippen molar-refractivity contribution < 1.29 is 4.79 Å². The van der Waals surface area contributed by atoms with E-state index in [9.17, 15) is 4.79 Å². The van der Waals surface area contributed by atoms with Crippen LogP contribution in [0, 0.1) is 0 Å². The molecule has 8 nitrogen and oxygen atoms in total. The van der Waals surface area contributed by atoms with Crippen LogP contribution in [0.4, 0.5) is 5.82 Å². The average Bonchev–Trinajstić information content (AvgIpc) is 2.78. The van der Waals surface area contributed by atoms with Crippen LogP contribution in [0.3, 0.4) is 0 Å². The van der Waals surface area contributed by atoms with Crippen LogP contribution in [-0.2, 0) is 11.3 Å². The topological polar surface area (TPSA) is 76.1 Å². The molecule has 176 valence electrons. The van der Waals surface area contributed by atoms with Gasteiger partial charge in [0.25, 0.3) is 0 Å². The van der Waals surface area contributed by atoms with Crippen molar-refractivity contribution in [2.24, 2.45) is 4.99 Å². The van der Waals surface area contributed by atoms with Gasteiger partial charge in [-0.25, -0.2) is 9.98 Å². The first-order valence-corrected chi connectivity index (χ1v) is 11.3. The second-order valence-electron chi connectivity index (χ2n) is 7.38. The molecule has 0 bridgehead atoms. The van der Waals surface area contributed by atoms with E-state index in [2.05, 4.69) is 49.5 Å². The Hall–Kier alpha value is -1.62. The third-order valence-corrected chi connectivity index (χ3v) is 5.46. The highest BCUT2D eigenvalue weighted by molar-refractivity contribution is 14.0. The molecule has 1 aliphatic rings. The smallest absolute Gasteiger partial charge is 0.224 e. The standard InChI is InChI=1S/C22H39N7O.HI/c1-5-23-22(24-12-11-21(30)28(7-3)8-4)26-18-19-9-10-20(25-17-19)29-15-13-27(6-2)14-16-29;/h9-10,17H,5-8,11-16,18H2,1-4H3,(H2,23,24,26);1H. The van der Waals surface area contributed by atoms with Crippen molar-refractivity contribution in [2.75, 3.05) is 63.8 Å². The molecule has 1 aromatic heterocycles. The van der Waals surface area contributed by atoms with Crippen LogP contribution in [0.2, 0.25) is 0 Å². The molecule has 0 radical (unpaired) electrons. The molecule has 0 saturated carbocycles. The van der Waals surface area contributed by atoms with Gasteiger partial charge in [0.15, 0.2) is 5.96 Å². The predicted octanol–water partition coefficient (Wildman–Crippen LogP) is 2.16. The Balaban J connectivity index is 0.00000480. The number of pyridine rings is 1. The van der Waals surface area contributed by atoms with E-state index in [1.807, 2.05) is 31.9 Å². The first kappa shape index (κ1) is 27.4. The number of amides is 1. The van der Waals surface area contributed by atoms with Crippen molar-refractivity contribution in [2.45, 2.75) is 40.7 Å². The largest absolute Gasteiger partial charge is 0.357 e. The van der Waals surface area contributed by atoms with E-state index in [4.69, 9.17) is 0 Å². The number of nitrogens with zero attached hydrogens (tertiary/aromatic N) is 5. The number of aliphatic imine (C=N–C) groups is 1. The molecular weight excluding hydrogens is 505 g/mol. The van der Waals surface area contributed by atoms with Gasteiger partial charge in [-0.1, -0.05) is 13.0 Å². The van der Waals surface area contributed by atoms with Crippen molar-refractivity contribution in [3.05, 3.63) is 23.9 Å². The van der Waals surface area contributed by atoms with Crippen molar-refractivity contribution >= 4 is 41.7 Å². The highest BCUT2D eigenvalue weighted by atomic mass is 127. The van der Waals surface area contributed by atoms with Crippen LogP contribution in [-0.4, -0.2) is 85.6 Å². The number of likely N-dealkylation sites (N-methyl/N-ethyl adjacent to an activating group) is 1. The van der Waals surface area contributed by atoms with Crippen LogP contribution >= 0.6 is 24.0 Å². The fraction of sp³-hybridized carbons (Fsp3) is 0.682. The van der Waals surface area contributed by atoms with Crippen molar-refractivity contribution in [1.29, 1.82) is 0 Å². The maximum atomic E-state index is 12.1. The summed E-state index contributed by atoms with van der Waals surface area (Å²) >= 11 is 0. The van der Waals surface area contributed by atoms with Crippen LogP contribution in [0.5, 0.6) is 0 Å². The zero-order valence-electron chi connectivity index (χ0n) is 19.6. The molecule has 1 aliphatic heterocycles. The molecule has 0 aromatic carbocycles. The number of halogens is 1. The minimum atomic E-state index is 0. The molecule has 0 atom stereocenters. The average molecular weight is 546 g/mol. The molecule has 1 fully saturated rings. The number of hydrogen-bond donors (Lipinski definition) is 2. The molecule has 0 unspecified atom stereocenters. The molecule has 1 saturated heterocycles. The summed E-state index contributed by atoms with van der Waals surface area (Å²) in [4.78, 5) is 28.1. The summed E-state index contributed by atoms with van der Waals surface area (Å²) in [5, 5.41) is 6.49. The summed E-state index contributed by atoms with van der Waals surface area (Å²) in [5.74, 6) is 1.94. The first-order chi connectivity index (χ1) is 14.6. The van der Waals surface area contributed by atoms with Crippen LogP contribution in [0.1, 0.15) is 39.7 Å². The number of hydrogen-bond acceptors (Lipinski definition) is 5. The maximum absolute atomic E-state index is 12.1. The lowest BCUT2D eigenvalue weighted by atomic mass is 10.2. The van der Waals surface area contributed by atoms with E-state index < -0.39 is 0 Å². The number of carbonyl (C=O) groups excluding carboxylic acids is 1. The fourth-order valence-corrected chi connectivity index (χ4v) is 3.52. The summed E-state index contributed by atoms with van der Waals surface area (Å²) < 4.78 is 0. The monoisotopic (exact) mass is 545 g/mol. The van der Waals surface area contributed by atoms with Gasteiger partial charge in [-0.05, 0) is 38.9 Å². The summed E-state index contributed by atoms with van der Waals surface area (Å²) in [7, 11) is 0. The zero-order chi connectivity index (χ0) is 21.8. The number of aromatic nitrogens is 1. The van der Waals surface area contributed by atoms with Crippen molar-refractivity contribution in [1.82, 2.24) is 25.4 Å². The number of piperazine rings is 1. The number of nitrogens with one attached hydrogen (secondary N) is 2. The third-order valence-electron chi connectivity index (χ3n) is 5.46. The van der Waals surface area contributed by atoms with Crippen LogP contribution in [0.25, 0.3) is 0 Å². The molecule has 9 heteroatoms. The third kappa shape index (κ3) is 9.18. The Morgan fingerprint density at radius 1 is 1.10 bits per heavy atom. The quantitative estimate of drug-likeness (QED) is 0.267. The summed E-state index contributed by atoms with van der Waals surface area (Å²) in [6.45, 7) is 17.0. The fourth-order valence-electron chi connectivity index (χ4n) is 3.52. The first-order valence-electron chi connectivity index (χ1n) is 11.3. The van der Waals surface area contributed by atoms with Gasteiger partial charge in [0.2, 0.25) is 5.91 Å². The van der Waals surface area contributed by atoms with Gasteiger partial charge in [0.1, 0.15) is 5.82 Å². The lowest BCUT2D eigenvalue weighted by Crippen LogP contribution is -2.46. The van der Waals surface area contributed by atoms with E-state index in [0.29, 0.717) is 19.5 Å². The number of rotatable bonds is 10. The van der Waals surface area contributed by atoms with E-state index in [1.165, 1.54) is 0 Å². The van der Waals surface area contributed by atoms with E-state index in [0.717, 1.165) is 69.7 Å². The molecule has 2 N–H and O–H groups in total. The van der Waals surface area contributed by atoms with E-state index in [-0.39, 0.29) is 29.9 Å². The maximum Gasteiger partial charge on any atom is 0.224 e. The van der Waals surface area contributed by atoms with E-state index in [1.54, 1.807) is 0 Å². The van der Waals surface area contributed by atoms with Crippen LogP contribution < -0.4 is 15.5 Å². The Morgan fingerprint density at radius 3 is 2.35 bits per heavy atom. The molecule has 1 aromatic rings. The van der Waals surface area contributed by atoms with Crippen molar-refractivity contribution in [3.63, 3.8) is 0 Å². The van der Waals surface area contributed by atoms with Gasteiger partial charge in [-0.2, -0.15) is 0 Å². The SMILES string of the molecule is CCNC(=NCc1ccc(N2CCN(CC)CC2)nc1)NCCC(=O)N(CC)CC.I. The highest BCUT2D eigenvalue weighted by Crippen LogP contribution is 2.14. The molecule has 31 heavy (non-hydrogen) atoms. The number of carbonyl (C=O) groups is 1. The highest BCUT2D eigenvalue weighted by Gasteiger charge is 2.16. The van der Waals surface area contributed by atoms with Gasteiger partial charge in [0, 0.05) is 65.0 Å². The lowest BCUT2D eigenvalue weighted by molar-refractivity contribution is -0.130. The van der Waals surface area contributed by atoms with Gasteiger partial charge in [-0.15, -0.1) is 24.0 Å². The second-order valence-corrected chi connectivity index (χ2v) is 7.38. The molecule has 1 amide bonds. The summed E-state index contributed by atoms with van der Waals surface area (Å²) in [6, 6.07) is 4.20. The minimum absolute atomic E-state index is 0. The summed E-state index contributed by atoms with van der Waals surface area (Å²) in [6.07, 6.45) is 2.38. The molecule has 0 aliphatic carbocycles.